The Morgan fingerprint density at radius 1 is 1.10 bits per heavy atom. The number of rotatable bonds is 4. The van der Waals surface area contributed by atoms with Crippen LogP contribution in [0.25, 0.3) is 0 Å². The van der Waals surface area contributed by atoms with E-state index in [9.17, 15) is 13.9 Å². The van der Waals surface area contributed by atoms with Gasteiger partial charge in [-0.15, -0.1) is 0 Å². The molecule has 0 aliphatic carbocycles. The van der Waals surface area contributed by atoms with Crippen molar-refractivity contribution in [3.63, 3.8) is 0 Å². The van der Waals surface area contributed by atoms with Crippen LogP contribution in [0.5, 0.6) is 5.75 Å². The van der Waals surface area contributed by atoms with Gasteiger partial charge in [-0.1, -0.05) is 6.07 Å². The van der Waals surface area contributed by atoms with Crippen molar-refractivity contribution in [3.05, 3.63) is 64.7 Å². The van der Waals surface area contributed by atoms with E-state index in [1.165, 1.54) is 30.3 Å². The highest BCUT2D eigenvalue weighted by Gasteiger charge is 2.11. The van der Waals surface area contributed by atoms with E-state index in [1.54, 1.807) is 19.9 Å². The molecule has 0 saturated heterocycles. The summed E-state index contributed by atoms with van der Waals surface area (Å²) in [6, 6.07) is 8.45. The lowest BCUT2D eigenvalue weighted by Crippen LogP contribution is -2.03. The van der Waals surface area contributed by atoms with Gasteiger partial charge in [0.15, 0.2) is 0 Å². The van der Waals surface area contributed by atoms with Crippen LogP contribution in [-0.2, 0) is 6.61 Å². The SMILES string of the molecule is Cc1cc(F)ccc1COc1ccc(F)cc1[C@H](C)O. The van der Waals surface area contributed by atoms with Crippen molar-refractivity contribution in [3.8, 4) is 5.75 Å². The number of ether oxygens (including phenoxy) is 1. The van der Waals surface area contributed by atoms with Gasteiger partial charge in [-0.2, -0.15) is 0 Å². The van der Waals surface area contributed by atoms with Crippen molar-refractivity contribution < 1.29 is 18.6 Å². The summed E-state index contributed by atoms with van der Waals surface area (Å²) >= 11 is 0. The second-order valence-electron chi connectivity index (χ2n) is 4.72. The minimum absolute atomic E-state index is 0.234. The first-order valence-corrected chi connectivity index (χ1v) is 6.32. The van der Waals surface area contributed by atoms with Gasteiger partial charge in [0.25, 0.3) is 0 Å². The Balaban J connectivity index is 2.18. The van der Waals surface area contributed by atoms with Crippen LogP contribution in [0.4, 0.5) is 8.78 Å². The zero-order chi connectivity index (χ0) is 14.7. The molecule has 4 heteroatoms. The molecule has 2 rings (SSSR count). The second kappa shape index (κ2) is 6.01. The molecule has 0 bridgehead atoms. The lowest BCUT2D eigenvalue weighted by Gasteiger charge is -2.14. The van der Waals surface area contributed by atoms with E-state index >= 15 is 0 Å². The molecule has 0 aromatic heterocycles. The summed E-state index contributed by atoms with van der Waals surface area (Å²) in [6.45, 7) is 3.57. The summed E-state index contributed by atoms with van der Waals surface area (Å²) in [4.78, 5) is 0. The van der Waals surface area contributed by atoms with E-state index in [2.05, 4.69) is 0 Å². The Kier molecular flexibility index (Phi) is 4.35. The van der Waals surface area contributed by atoms with E-state index in [0.717, 1.165) is 11.1 Å². The molecule has 0 aliphatic heterocycles. The number of hydrogen-bond donors (Lipinski definition) is 1. The number of aliphatic hydroxyl groups excluding tert-OH is 1. The standard InChI is InChI=1S/C16H16F2O2/c1-10-7-13(17)4-3-12(10)9-20-16-6-5-14(18)8-15(16)11(2)19/h3-8,11,19H,9H2,1-2H3/t11-/m0/s1. The average molecular weight is 278 g/mol. The highest BCUT2D eigenvalue weighted by Crippen LogP contribution is 2.27. The minimum atomic E-state index is -0.824. The molecular weight excluding hydrogens is 262 g/mol. The maximum atomic E-state index is 13.2. The molecule has 106 valence electrons. The summed E-state index contributed by atoms with van der Waals surface area (Å²) < 4.78 is 31.8. The molecule has 1 N–H and O–H groups in total. The average Bonchev–Trinajstić information content (AvgIpc) is 2.38. The fourth-order valence-corrected chi connectivity index (χ4v) is 1.95. The summed E-state index contributed by atoms with van der Waals surface area (Å²) in [7, 11) is 0. The molecular formula is C16H16F2O2. The summed E-state index contributed by atoms with van der Waals surface area (Å²) in [5, 5.41) is 9.62. The van der Waals surface area contributed by atoms with Crippen molar-refractivity contribution in [2.45, 2.75) is 26.6 Å². The van der Waals surface area contributed by atoms with E-state index in [0.29, 0.717) is 11.3 Å². The molecule has 0 fully saturated rings. The van der Waals surface area contributed by atoms with E-state index in [1.807, 2.05) is 0 Å². The van der Waals surface area contributed by atoms with Crippen molar-refractivity contribution in [2.24, 2.45) is 0 Å². The number of hydrogen-bond acceptors (Lipinski definition) is 2. The van der Waals surface area contributed by atoms with Gasteiger partial charge in [-0.25, -0.2) is 8.78 Å². The third-order valence-electron chi connectivity index (χ3n) is 3.11. The zero-order valence-electron chi connectivity index (χ0n) is 11.4. The van der Waals surface area contributed by atoms with E-state index < -0.39 is 11.9 Å². The van der Waals surface area contributed by atoms with E-state index in [4.69, 9.17) is 4.74 Å². The Labute approximate surface area is 116 Å². The molecule has 0 heterocycles. The largest absolute Gasteiger partial charge is 0.489 e. The number of benzene rings is 2. The predicted octanol–water partition coefficient (Wildman–Crippen LogP) is 3.91. The molecule has 0 aliphatic rings. The molecule has 0 amide bonds. The van der Waals surface area contributed by atoms with Crippen LogP contribution in [0.2, 0.25) is 0 Å². The van der Waals surface area contributed by atoms with Crippen molar-refractivity contribution in [1.82, 2.24) is 0 Å². The highest BCUT2D eigenvalue weighted by atomic mass is 19.1. The van der Waals surface area contributed by atoms with Crippen LogP contribution in [0.15, 0.2) is 36.4 Å². The first kappa shape index (κ1) is 14.5. The molecule has 2 aromatic rings. The number of aryl methyl sites for hydroxylation is 1. The molecule has 0 radical (unpaired) electrons. The lowest BCUT2D eigenvalue weighted by molar-refractivity contribution is 0.189. The van der Waals surface area contributed by atoms with Gasteiger partial charge in [0.05, 0.1) is 6.10 Å². The quantitative estimate of drug-likeness (QED) is 0.919. The molecule has 2 aromatic carbocycles. The topological polar surface area (TPSA) is 29.5 Å². The normalized spacial score (nSPS) is 12.2. The van der Waals surface area contributed by atoms with Crippen LogP contribution in [0.3, 0.4) is 0 Å². The van der Waals surface area contributed by atoms with Gasteiger partial charge in [-0.05, 0) is 55.3 Å². The Morgan fingerprint density at radius 2 is 1.75 bits per heavy atom. The monoisotopic (exact) mass is 278 g/mol. The highest BCUT2D eigenvalue weighted by molar-refractivity contribution is 5.36. The minimum Gasteiger partial charge on any atom is -0.489 e. The first-order chi connectivity index (χ1) is 9.47. The summed E-state index contributed by atoms with van der Waals surface area (Å²) in [6.07, 6.45) is -0.824. The fourth-order valence-electron chi connectivity index (χ4n) is 1.95. The Hall–Kier alpha value is -1.94. The molecule has 1 atom stereocenters. The number of aliphatic hydroxyl groups is 1. The van der Waals surface area contributed by atoms with Crippen LogP contribution in [-0.4, -0.2) is 5.11 Å². The summed E-state index contributed by atoms with van der Waals surface area (Å²) in [5.41, 5.74) is 2.02. The van der Waals surface area contributed by atoms with Gasteiger partial charge in [0.1, 0.15) is 24.0 Å². The predicted molar refractivity (Wildman–Crippen MR) is 72.5 cm³/mol. The van der Waals surface area contributed by atoms with Crippen molar-refractivity contribution >= 4 is 0 Å². The molecule has 0 spiro atoms. The van der Waals surface area contributed by atoms with Crippen LogP contribution >= 0.6 is 0 Å². The lowest BCUT2D eigenvalue weighted by atomic mass is 10.1. The molecule has 20 heavy (non-hydrogen) atoms. The maximum Gasteiger partial charge on any atom is 0.125 e. The third-order valence-corrected chi connectivity index (χ3v) is 3.11. The maximum absolute atomic E-state index is 13.2. The zero-order valence-corrected chi connectivity index (χ0v) is 11.4. The second-order valence-corrected chi connectivity index (χ2v) is 4.72. The fraction of sp³-hybridized carbons (Fsp3) is 0.250. The van der Waals surface area contributed by atoms with Gasteiger partial charge in [-0.3, -0.25) is 0 Å². The van der Waals surface area contributed by atoms with Crippen molar-refractivity contribution in [2.75, 3.05) is 0 Å². The van der Waals surface area contributed by atoms with E-state index in [-0.39, 0.29) is 12.4 Å². The van der Waals surface area contributed by atoms with Gasteiger partial charge in [0.2, 0.25) is 0 Å². The molecule has 0 unspecified atom stereocenters. The third kappa shape index (κ3) is 3.33. The van der Waals surface area contributed by atoms with Crippen LogP contribution in [0, 0.1) is 18.6 Å². The molecule has 2 nitrogen and oxygen atoms in total. The Bertz CT molecular complexity index is 609. The van der Waals surface area contributed by atoms with Crippen LogP contribution < -0.4 is 4.74 Å². The van der Waals surface area contributed by atoms with Gasteiger partial charge < -0.3 is 9.84 Å². The first-order valence-electron chi connectivity index (χ1n) is 6.32. The van der Waals surface area contributed by atoms with Crippen molar-refractivity contribution in [1.29, 1.82) is 0 Å². The summed E-state index contributed by atoms with van der Waals surface area (Å²) in [5.74, 6) is -0.297. The smallest absolute Gasteiger partial charge is 0.125 e. The van der Waals surface area contributed by atoms with Gasteiger partial charge >= 0.3 is 0 Å². The number of halogens is 2. The Morgan fingerprint density at radius 3 is 2.40 bits per heavy atom. The van der Waals surface area contributed by atoms with Gasteiger partial charge in [0, 0.05) is 5.56 Å². The van der Waals surface area contributed by atoms with Crippen LogP contribution in [0.1, 0.15) is 29.7 Å². The molecule has 0 saturated carbocycles.